The van der Waals surface area contributed by atoms with Crippen LogP contribution in [0.15, 0.2) is 53.6 Å². The predicted molar refractivity (Wildman–Crippen MR) is 91.5 cm³/mol. The third-order valence-electron chi connectivity index (χ3n) is 3.91. The lowest BCUT2D eigenvalue weighted by molar-refractivity contribution is 0.729. The number of aromatic nitrogens is 1. The van der Waals surface area contributed by atoms with E-state index in [1.165, 1.54) is 21.4 Å². The molecule has 21 heavy (non-hydrogen) atoms. The topological polar surface area (TPSA) is 27.8 Å². The van der Waals surface area contributed by atoms with Gasteiger partial charge < -0.3 is 10.3 Å². The second-order valence-corrected chi connectivity index (χ2v) is 6.87. The van der Waals surface area contributed by atoms with Gasteiger partial charge in [-0.25, -0.2) is 0 Å². The van der Waals surface area contributed by atoms with Crippen molar-refractivity contribution in [3.05, 3.63) is 59.2 Å². The summed E-state index contributed by atoms with van der Waals surface area (Å²) in [6.07, 6.45) is 3.09. The zero-order chi connectivity index (χ0) is 14.2. The lowest BCUT2D eigenvalue weighted by Gasteiger charge is -2.27. The predicted octanol–water partition coefficient (Wildman–Crippen LogP) is 5.47. The van der Waals surface area contributed by atoms with Gasteiger partial charge in [0.1, 0.15) is 0 Å². The minimum Gasteiger partial charge on any atom is -0.378 e. The van der Waals surface area contributed by atoms with Gasteiger partial charge in [0.25, 0.3) is 0 Å². The Balaban J connectivity index is 1.67. The highest BCUT2D eigenvalue weighted by molar-refractivity contribution is 7.99. The van der Waals surface area contributed by atoms with Crippen molar-refractivity contribution in [1.29, 1.82) is 0 Å². The number of H-pyrrole nitrogens is 1. The first-order valence-corrected chi connectivity index (χ1v) is 8.42. The first kappa shape index (κ1) is 13.1. The van der Waals surface area contributed by atoms with Crippen LogP contribution in [0.1, 0.15) is 18.0 Å². The Hall–Kier alpha value is -1.58. The van der Waals surface area contributed by atoms with Crippen LogP contribution < -0.4 is 5.32 Å². The smallest absolute Gasteiger partial charge is 0.0533 e. The molecule has 4 rings (SSSR count). The number of hydrogen-bond acceptors (Lipinski definition) is 2. The standard InChI is InChI=1S/C17H15ClN2S/c18-12-1-4-17-14(10-12)16(6-8-21-17)20-13-2-3-15-11(9-13)5-7-19-15/h1-5,7,9-10,16,19-20H,6,8H2. The highest BCUT2D eigenvalue weighted by Gasteiger charge is 2.20. The second kappa shape index (κ2) is 5.32. The molecule has 1 atom stereocenters. The first-order chi connectivity index (χ1) is 10.3. The van der Waals surface area contributed by atoms with E-state index in [4.69, 9.17) is 11.6 Å². The lowest BCUT2D eigenvalue weighted by atomic mass is 10.0. The van der Waals surface area contributed by atoms with Crippen LogP contribution in [0, 0.1) is 0 Å². The number of benzene rings is 2. The number of halogens is 1. The molecular formula is C17H15ClN2S. The molecule has 106 valence electrons. The molecular weight excluding hydrogens is 300 g/mol. The zero-order valence-electron chi connectivity index (χ0n) is 11.4. The molecule has 2 nitrogen and oxygen atoms in total. The minimum absolute atomic E-state index is 0.330. The molecule has 0 bridgehead atoms. The van der Waals surface area contributed by atoms with Gasteiger partial charge in [-0.1, -0.05) is 11.6 Å². The summed E-state index contributed by atoms with van der Waals surface area (Å²) < 4.78 is 0. The van der Waals surface area contributed by atoms with Crippen molar-refractivity contribution in [2.24, 2.45) is 0 Å². The first-order valence-electron chi connectivity index (χ1n) is 7.05. The van der Waals surface area contributed by atoms with Gasteiger partial charge in [0.05, 0.1) is 6.04 Å². The molecule has 0 amide bonds. The molecule has 2 aromatic carbocycles. The SMILES string of the molecule is Clc1ccc2c(c1)C(Nc1ccc3[nH]ccc3c1)CCS2. The Morgan fingerprint density at radius 1 is 1.14 bits per heavy atom. The maximum atomic E-state index is 6.17. The van der Waals surface area contributed by atoms with Crippen molar-refractivity contribution in [2.75, 3.05) is 11.1 Å². The fourth-order valence-electron chi connectivity index (χ4n) is 2.86. The van der Waals surface area contributed by atoms with Gasteiger partial charge in [-0.2, -0.15) is 0 Å². The van der Waals surface area contributed by atoms with Crippen molar-refractivity contribution >= 4 is 40.0 Å². The van der Waals surface area contributed by atoms with E-state index in [1.54, 1.807) is 0 Å². The number of fused-ring (bicyclic) bond motifs is 2. The molecule has 0 fully saturated rings. The van der Waals surface area contributed by atoms with Gasteiger partial charge in [0.15, 0.2) is 0 Å². The van der Waals surface area contributed by atoms with Gasteiger partial charge in [0, 0.05) is 38.5 Å². The normalized spacial score (nSPS) is 17.7. The molecule has 2 N–H and O–H groups in total. The molecule has 1 aliphatic heterocycles. The number of thioether (sulfide) groups is 1. The molecule has 0 saturated carbocycles. The zero-order valence-corrected chi connectivity index (χ0v) is 13.0. The van der Waals surface area contributed by atoms with Crippen LogP contribution in [0.25, 0.3) is 10.9 Å². The van der Waals surface area contributed by atoms with Crippen molar-refractivity contribution < 1.29 is 0 Å². The maximum Gasteiger partial charge on any atom is 0.0533 e. The Kier molecular flexibility index (Phi) is 3.32. The highest BCUT2D eigenvalue weighted by Crippen LogP contribution is 2.39. The summed E-state index contributed by atoms with van der Waals surface area (Å²) in [5.41, 5.74) is 3.64. The molecule has 0 saturated heterocycles. The molecule has 1 unspecified atom stereocenters. The van der Waals surface area contributed by atoms with Crippen molar-refractivity contribution in [1.82, 2.24) is 4.98 Å². The van der Waals surface area contributed by atoms with Gasteiger partial charge in [0.2, 0.25) is 0 Å². The van der Waals surface area contributed by atoms with E-state index in [9.17, 15) is 0 Å². The molecule has 0 aliphatic carbocycles. The minimum atomic E-state index is 0.330. The van der Waals surface area contributed by atoms with E-state index < -0.39 is 0 Å². The quantitative estimate of drug-likeness (QED) is 0.656. The fourth-order valence-corrected chi connectivity index (χ4v) is 4.15. The molecule has 0 radical (unpaired) electrons. The maximum absolute atomic E-state index is 6.17. The largest absolute Gasteiger partial charge is 0.378 e. The molecule has 1 aromatic heterocycles. The van der Waals surface area contributed by atoms with E-state index in [0.29, 0.717) is 6.04 Å². The summed E-state index contributed by atoms with van der Waals surface area (Å²) in [5, 5.41) is 5.70. The summed E-state index contributed by atoms with van der Waals surface area (Å²) in [6.45, 7) is 0. The molecule has 4 heteroatoms. The van der Waals surface area contributed by atoms with Gasteiger partial charge in [-0.3, -0.25) is 0 Å². The molecule has 2 heterocycles. The lowest BCUT2D eigenvalue weighted by Crippen LogP contribution is -2.16. The van der Waals surface area contributed by atoms with E-state index in [2.05, 4.69) is 46.7 Å². The van der Waals surface area contributed by atoms with Gasteiger partial charge >= 0.3 is 0 Å². The van der Waals surface area contributed by atoms with Crippen LogP contribution in [-0.4, -0.2) is 10.7 Å². The molecule has 3 aromatic rings. The van der Waals surface area contributed by atoms with Crippen LogP contribution >= 0.6 is 23.4 Å². The number of nitrogens with one attached hydrogen (secondary N) is 2. The number of aromatic amines is 1. The van der Waals surface area contributed by atoms with Crippen LogP contribution in [0.5, 0.6) is 0 Å². The third kappa shape index (κ3) is 2.52. The Morgan fingerprint density at radius 2 is 2.10 bits per heavy atom. The van der Waals surface area contributed by atoms with Crippen LogP contribution in [0.3, 0.4) is 0 Å². The summed E-state index contributed by atoms with van der Waals surface area (Å²) in [5.74, 6) is 1.14. The average Bonchev–Trinajstić information content (AvgIpc) is 2.95. The van der Waals surface area contributed by atoms with Crippen LogP contribution in [0.2, 0.25) is 5.02 Å². The number of hydrogen-bond donors (Lipinski definition) is 2. The van der Waals surface area contributed by atoms with Gasteiger partial charge in [-0.05, 0) is 54.4 Å². The van der Waals surface area contributed by atoms with Crippen LogP contribution in [-0.2, 0) is 0 Å². The summed E-state index contributed by atoms with van der Waals surface area (Å²) in [4.78, 5) is 4.56. The van der Waals surface area contributed by atoms with E-state index in [0.717, 1.165) is 22.9 Å². The average molecular weight is 315 g/mol. The summed E-state index contributed by atoms with van der Waals surface area (Å²) in [7, 11) is 0. The van der Waals surface area contributed by atoms with Crippen molar-refractivity contribution in [3.8, 4) is 0 Å². The highest BCUT2D eigenvalue weighted by atomic mass is 35.5. The van der Waals surface area contributed by atoms with Crippen molar-refractivity contribution in [2.45, 2.75) is 17.4 Å². The fraction of sp³-hybridized carbons (Fsp3) is 0.176. The Morgan fingerprint density at radius 3 is 3.05 bits per heavy atom. The Labute approximate surface area is 132 Å². The molecule has 0 spiro atoms. The summed E-state index contributed by atoms with van der Waals surface area (Å²) in [6, 6.07) is 15.1. The van der Waals surface area contributed by atoms with E-state index >= 15 is 0 Å². The van der Waals surface area contributed by atoms with E-state index in [1.807, 2.05) is 24.0 Å². The van der Waals surface area contributed by atoms with Gasteiger partial charge in [-0.15, -0.1) is 11.8 Å². The van der Waals surface area contributed by atoms with Crippen LogP contribution in [0.4, 0.5) is 5.69 Å². The third-order valence-corrected chi connectivity index (χ3v) is 5.26. The monoisotopic (exact) mass is 314 g/mol. The summed E-state index contributed by atoms with van der Waals surface area (Å²) >= 11 is 8.08. The second-order valence-electron chi connectivity index (χ2n) is 5.30. The number of anilines is 1. The van der Waals surface area contributed by atoms with E-state index in [-0.39, 0.29) is 0 Å². The Bertz CT molecular complexity index is 796. The number of rotatable bonds is 2. The van der Waals surface area contributed by atoms with Crippen molar-refractivity contribution in [3.63, 3.8) is 0 Å². The molecule has 1 aliphatic rings.